The summed E-state index contributed by atoms with van der Waals surface area (Å²) < 4.78 is 37.3. The van der Waals surface area contributed by atoms with Crippen LogP contribution in [0.2, 0.25) is 0 Å². The lowest BCUT2D eigenvalue weighted by molar-refractivity contribution is 0.0696. The lowest BCUT2D eigenvalue weighted by Crippen LogP contribution is -2.08. The van der Waals surface area contributed by atoms with Crippen molar-refractivity contribution >= 4 is 15.8 Å². The number of carbonyl (C=O) groups is 1. The maximum Gasteiger partial charge on any atom is 0.338 e. The van der Waals surface area contributed by atoms with Gasteiger partial charge in [0.1, 0.15) is 16.4 Å². The number of nitrogens with zero attached hydrogens (tertiary/aromatic N) is 2. The number of carboxylic acids is 1. The van der Waals surface area contributed by atoms with Crippen molar-refractivity contribution in [3.8, 4) is 5.69 Å². The van der Waals surface area contributed by atoms with E-state index in [9.17, 15) is 17.6 Å². The minimum atomic E-state index is -3.49. The second kappa shape index (κ2) is 4.47. The highest BCUT2D eigenvalue weighted by atomic mass is 32.2. The summed E-state index contributed by atoms with van der Waals surface area (Å²) in [6.07, 6.45) is 3.08. The van der Waals surface area contributed by atoms with Gasteiger partial charge in [-0.05, 0) is 12.1 Å². The Morgan fingerprint density at radius 2 is 2.11 bits per heavy atom. The second-order valence-electron chi connectivity index (χ2n) is 3.83. The first-order valence-corrected chi connectivity index (χ1v) is 6.97. The number of rotatable bonds is 3. The number of carboxylic acid groups (broad SMARTS) is 1. The molecule has 0 saturated heterocycles. The highest BCUT2D eigenvalue weighted by Gasteiger charge is 2.18. The van der Waals surface area contributed by atoms with Crippen LogP contribution in [0.15, 0.2) is 35.5 Å². The molecule has 2 rings (SSSR count). The van der Waals surface area contributed by atoms with Gasteiger partial charge in [0.2, 0.25) is 0 Å². The Bertz CT molecular complexity index is 752. The third-order valence-corrected chi connectivity index (χ3v) is 3.50. The van der Waals surface area contributed by atoms with Gasteiger partial charge in [0.25, 0.3) is 0 Å². The molecule has 0 aliphatic heterocycles. The number of para-hydroxylation sites is 1. The van der Waals surface area contributed by atoms with E-state index in [0.717, 1.165) is 29.4 Å². The number of benzene rings is 1. The summed E-state index contributed by atoms with van der Waals surface area (Å²) >= 11 is 0. The predicted molar refractivity (Wildman–Crippen MR) is 63.6 cm³/mol. The molecule has 0 spiro atoms. The third-order valence-electron chi connectivity index (χ3n) is 2.43. The average molecular weight is 284 g/mol. The number of halogens is 1. The molecule has 19 heavy (non-hydrogen) atoms. The van der Waals surface area contributed by atoms with Gasteiger partial charge in [-0.25, -0.2) is 22.3 Å². The van der Waals surface area contributed by atoms with Crippen molar-refractivity contribution in [2.24, 2.45) is 0 Å². The van der Waals surface area contributed by atoms with Crippen LogP contribution in [-0.4, -0.2) is 35.5 Å². The number of aromatic carboxylic acids is 1. The molecular formula is C11H9FN2O4S. The Balaban J connectivity index is 2.66. The molecule has 0 radical (unpaired) electrons. The summed E-state index contributed by atoms with van der Waals surface area (Å²) in [5, 5.41) is 12.7. The zero-order chi connectivity index (χ0) is 14.2. The van der Waals surface area contributed by atoms with Gasteiger partial charge >= 0.3 is 5.97 Å². The minimum Gasteiger partial charge on any atom is -0.478 e. The molecule has 0 saturated carbocycles. The van der Waals surface area contributed by atoms with Gasteiger partial charge in [-0.1, -0.05) is 6.07 Å². The van der Waals surface area contributed by atoms with Crippen LogP contribution in [0.3, 0.4) is 0 Å². The van der Waals surface area contributed by atoms with E-state index in [4.69, 9.17) is 5.11 Å². The summed E-state index contributed by atoms with van der Waals surface area (Å²) in [4.78, 5) is 10.9. The first kappa shape index (κ1) is 13.2. The van der Waals surface area contributed by atoms with Crippen LogP contribution in [0.4, 0.5) is 4.39 Å². The second-order valence-corrected chi connectivity index (χ2v) is 5.85. The van der Waals surface area contributed by atoms with Crippen LogP contribution in [0.5, 0.6) is 0 Å². The smallest absolute Gasteiger partial charge is 0.338 e. The monoisotopic (exact) mass is 284 g/mol. The molecule has 1 heterocycles. The topological polar surface area (TPSA) is 89.3 Å². The fourth-order valence-corrected chi connectivity index (χ4v) is 2.07. The Labute approximate surface area is 108 Å². The molecule has 2 aromatic rings. The first-order chi connectivity index (χ1) is 8.80. The van der Waals surface area contributed by atoms with Crippen LogP contribution in [0.25, 0.3) is 5.69 Å². The van der Waals surface area contributed by atoms with Crippen molar-refractivity contribution < 1.29 is 22.7 Å². The van der Waals surface area contributed by atoms with Crippen molar-refractivity contribution in [2.45, 2.75) is 4.90 Å². The molecule has 0 aliphatic carbocycles. The van der Waals surface area contributed by atoms with Crippen molar-refractivity contribution in [3.63, 3.8) is 0 Å². The molecule has 100 valence electrons. The van der Waals surface area contributed by atoms with Crippen LogP contribution in [0, 0.1) is 5.82 Å². The normalized spacial score (nSPS) is 11.5. The van der Waals surface area contributed by atoms with Gasteiger partial charge in [-0.3, -0.25) is 0 Å². The highest BCUT2D eigenvalue weighted by molar-refractivity contribution is 7.90. The minimum absolute atomic E-state index is 0.118. The van der Waals surface area contributed by atoms with E-state index in [1.54, 1.807) is 0 Å². The molecular weight excluding hydrogens is 275 g/mol. The van der Waals surface area contributed by atoms with Crippen molar-refractivity contribution in [1.29, 1.82) is 0 Å². The van der Waals surface area contributed by atoms with Gasteiger partial charge in [0.15, 0.2) is 9.84 Å². The van der Waals surface area contributed by atoms with Crippen LogP contribution in [0.1, 0.15) is 10.4 Å². The fraction of sp³-hybridized carbons (Fsp3) is 0.0909. The molecule has 1 aromatic heterocycles. The lowest BCUT2D eigenvalue weighted by Gasteiger charge is -2.06. The van der Waals surface area contributed by atoms with Gasteiger partial charge in [0.05, 0.1) is 11.8 Å². The molecule has 0 atom stereocenters. The quantitative estimate of drug-likeness (QED) is 0.912. The summed E-state index contributed by atoms with van der Waals surface area (Å²) in [6.45, 7) is 0. The lowest BCUT2D eigenvalue weighted by atomic mass is 10.1. The fourth-order valence-electron chi connectivity index (χ4n) is 1.54. The highest BCUT2D eigenvalue weighted by Crippen LogP contribution is 2.20. The van der Waals surface area contributed by atoms with Gasteiger partial charge in [-0.2, -0.15) is 5.10 Å². The van der Waals surface area contributed by atoms with E-state index in [0.29, 0.717) is 0 Å². The van der Waals surface area contributed by atoms with Crippen LogP contribution >= 0.6 is 0 Å². The molecule has 1 aromatic carbocycles. The molecule has 0 amide bonds. The maximum atomic E-state index is 13.7. The van der Waals surface area contributed by atoms with E-state index >= 15 is 0 Å². The third kappa shape index (κ3) is 2.48. The van der Waals surface area contributed by atoms with Gasteiger partial charge in [0, 0.05) is 12.5 Å². The molecule has 0 aliphatic rings. The number of hydrogen-bond acceptors (Lipinski definition) is 4. The Morgan fingerprint density at radius 1 is 1.42 bits per heavy atom. The zero-order valence-corrected chi connectivity index (χ0v) is 10.6. The van der Waals surface area contributed by atoms with Crippen molar-refractivity contribution in [2.75, 3.05) is 6.26 Å². The summed E-state index contributed by atoms with van der Waals surface area (Å²) in [5.74, 6) is -2.13. The number of hydrogen-bond donors (Lipinski definition) is 1. The van der Waals surface area contributed by atoms with E-state index in [1.807, 2.05) is 0 Å². The maximum absolute atomic E-state index is 13.7. The Kier molecular flexibility index (Phi) is 3.11. The van der Waals surface area contributed by atoms with Gasteiger partial charge in [-0.15, -0.1) is 0 Å². The van der Waals surface area contributed by atoms with E-state index < -0.39 is 21.6 Å². The van der Waals surface area contributed by atoms with Gasteiger partial charge < -0.3 is 5.11 Å². The van der Waals surface area contributed by atoms with Crippen molar-refractivity contribution in [3.05, 3.63) is 42.0 Å². The predicted octanol–water partition coefficient (Wildman–Crippen LogP) is 1.11. The Hall–Kier alpha value is -2.22. The molecule has 1 N–H and O–H groups in total. The number of sulfone groups is 1. The molecule has 8 heteroatoms. The van der Waals surface area contributed by atoms with Crippen LogP contribution < -0.4 is 0 Å². The molecule has 0 bridgehead atoms. The molecule has 0 unspecified atom stereocenters. The van der Waals surface area contributed by atoms with E-state index in [2.05, 4.69) is 5.10 Å². The summed E-state index contributed by atoms with van der Waals surface area (Å²) in [7, 11) is -3.49. The van der Waals surface area contributed by atoms with Crippen molar-refractivity contribution in [1.82, 2.24) is 9.78 Å². The van der Waals surface area contributed by atoms with E-state index in [1.165, 1.54) is 12.1 Å². The van der Waals surface area contributed by atoms with Crippen LogP contribution in [-0.2, 0) is 9.84 Å². The number of aromatic nitrogens is 2. The summed E-state index contributed by atoms with van der Waals surface area (Å²) in [5.41, 5.74) is -0.604. The summed E-state index contributed by atoms with van der Waals surface area (Å²) in [6, 6.07) is 3.54. The first-order valence-electron chi connectivity index (χ1n) is 5.07. The van der Waals surface area contributed by atoms with E-state index in [-0.39, 0.29) is 16.1 Å². The average Bonchev–Trinajstić information content (AvgIpc) is 2.77. The SMILES string of the molecule is CS(=O)(=O)c1cnn(-c2c(F)cccc2C(=O)O)c1. The molecule has 0 fully saturated rings. The largest absolute Gasteiger partial charge is 0.478 e. The molecule has 6 nitrogen and oxygen atoms in total. The zero-order valence-electron chi connectivity index (χ0n) is 9.74. The Morgan fingerprint density at radius 3 is 2.63 bits per heavy atom. The standard InChI is InChI=1S/C11H9FN2O4S/c1-19(17,18)7-5-13-14(6-7)10-8(11(15)16)3-2-4-9(10)12/h2-6H,1H3,(H,15,16).